The fraction of sp³-hybridized carbons (Fsp3) is 0.700. The fourth-order valence-electron chi connectivity index (χ4n) is 2.77. The lowest BCUT2D eigenvalue weighted by atomic mass is 9.94. The Bertz CT molecular complexity index is 583. The van der Waals surface area contributed by atoms with Crippen LogP contribution in [-0.2, 0) is 23.2 Å². The van der Waals surface area contributed by atoms with Gasteiger partial charge in [-0.1, -0.05) is 20.3 Å². The third-order valence-electron chi connectivity index (χ3n) is 4.56. The van der Waals surface area contributed by atoms with Gasteiger partial charge in [-0.05, 0) is 38.8 Å². The number of rotatable bonds is 11. The Balaban J connectivity index is 2.90. The van der Waals surface area contributed by atoms with Gasteiger partial charge >= 0.3 is 0 Å². The van der Waals surface area contributed by atoms with E-state index >= 15 is 0 Å². The molecule has 0 saturated carbocycles. The van der Waals surface area contributed by atoms with Gasteiger partial charge in [0.1, 0.15) is 0 Å². The average Bonchev–Trinajstić information content (AvgIpc) is 3.02. The highest BCUT2D eigenvalue weighted by Gasteiger charge is 2.32. The Kier molecular flexibility index (Phi) is 9.20. The van der Waals surface area contributed by atoms with Gasteiger partial charge in [-0.3, -0.25) is 9.59 Å². The summed E-state index contributed by atoms with van der Waals surface area (Å²) < 4.78 is 2.03. The molecule has 0 unspecified atom stereocenters. The molecule has 5 nitrogen and oxygen atoms in total. The third kappa shape index (κ3) is 6.35. The number of carbonyl (C=O) groups excluding carboxylic acids is 2. The topological polar surface area (TPSA) is 45.6 Å². The van der Waals surface area contributed by atoms with E-state index < -0.39 is 5.41 Å². The summed E-state index contributed by atoms with van der Waals surface area (Å²) in [6, 6.07) is 4.01. The molecule has 2 amide bonds. The maximum Gasteiger partial charge on any atom is 0.242 e. The first kappa shape index (κ1) is 22.6. The van der Waals surface area contributed by atoms with Crippen LogP contribution in [0.2, 0.25) is 0 Å². The number of hydrogen-bond donors (Lipinski definition) is 0. The van der Waals surface area contributed by atoms with Gasteiger partial charge in [0, 0.05) is 37.9 Å². The molecule has 0 saturated heterocycles. The van der Waals surface area contributed by atoms with Crippen molar-refractivity contribution in [1.82, 2.24) is 14.4 Å². The van der Waals surface area contributed by atoms with Gasteiger partial charge in [-0.2, -0.15) is 0 Å². The van der Waals surface area contributed by atoms with Crippen LogP contribution in [0.4, 0.5) is 0 Å². The molecule has 0 atom stereocenters. The number of alkyl halides is 1. The van der Waals surface area contributed by atoms with Crippen molar-refractivity contribution in [2.45, 2.75) is 53.5 Å². The quantitative estimate of drug-likeness (QED) is 0.547. The monoisotopic (exact) mass is 383 g/mol. The smallest absolute Gasteiger partial charge is 0.242 e. The molecule has 1 rings (SSSR count). The predicted octanol–water partition coefficient (Wildman–Crippen LogP) is 3.66. The molecule has 0 bridgehead atoms. The van der Waals surface area contributed by atoms with E-state index in [1.165, 1.54) is 0 Å². The Morgan fingerprint density at radius 1 is 1.15 bits per heavy atom. The van der Waals surface area contributed by atoms with Crippen molar-refractivity contribution in [3.05, 3.63) is 24.0 Å². The molecule has 0 aromatic carbocycles. The fourth-order valence-corrected chi connectivity index (χ4v) is 2.88. The van der Waals surface area contributed by atoms with Crippen LogP contribution in [0.5, 0.6) is 0 Å². The maximum absolute atomic E-state index is 13.0. The van der Waals surface area contributed by atoms with Gasteiger partial charge in [0.15, 0.2) is 0 Å². The Morgan fingerprint density at radius 2 is 1.85 bits per heavy atom. The molecular weight excluding hydrogens is 350 g/mol. The van der Waals surface area contributed by atoms with Crippen molar-refractivity contribution < 1.29 is 9.59 Å². The van der Waals surface area contributed by atoms with E-state index in [1.807, 2.05) is 55.6 Å². The number of aryl methyl sites for hydroxylation is 1. The molecule has 0 spiro atoms. The molecule has 0 N–H and O–H groups in total. The largest absolute Gasteiger partial charge is 0.353 e. The summed E-state index contributed by atoms with van der Waals surface area (Å²) in [7, 11) is 1.98. The van der Waals surface area contributed by atoms with Crippen LogP contribution in [0.1, 0.15) is 52.7 Å². The van der Waals surface area contributed by atoms with Gasteiger partial charge in [-0.15, -0.1) is 11.6 Å². The Morgan fingerprint density at radius 3 is 2.35 bits per heavy atom. The minimum atomic E-state index is -0.663. The number of unbranched alkanes of at least 4 members (excludes halogenated alkanes) is 1. The maximum atomic E-state index is 13.0. The molecule has 6 heteroatoms. The molecule has 0 radical (unpaired) electrons. The lowest BCUT2D eigenvalue weighted by Crippen LogP contribution is -2.48. The predicted molar refractivity (Wildman–Crippen MR) is 107 cm³/mol. The summed E-state index contributed by atoms with van der Waals surface area (Å²) in [6.07, 6.45) is 4.76. The molecule has 26 heavy (non-hydrogen) atoms. The lowest BCUT2D eigenvalue weighted by Gasteiger charge is -2.32. The molecule has 0 aliphatic rings. The molecule has 1 heterocycles. The highest BCUT2D eigenvalue weighted by Crippen LogP contribution is 2.21. The zero-order valence-corrected chi connectivity index (χ0v) is 17.7. The summed E-state index contributed by atoms with van der Waals surface area (Å²) in [5, 5.41) is 0. The van der Waals surface area contributed by atoms with Crippen molar-refractivity contribution in [3.63, 3.8) is 0 Å². The zero-order chi connectivity index (χ0) is 19.7. The highest BCUT2D eigenvalue weighted by atomic mass is 35.5. The standard InChI is InChI=1S/C20H34ClN3O2/c1-6-8-13-23(14-17-10-9-12-22(17)5)18(25)15-24(11-7-2)19(26)20(3,4)16-21/h9-10,12H,6-8,11,13-16H2,1-5H3. The zero-order valence-electron chi connectivity index (χ0n) is 16.9. The normalized spacial score (nSPS) is 11.5. The first-order valence-electron chi connectivity index (χ1n) is 9.50. The SMILES string of the molecule is CCCCN(Cc1cccn1C)C(=O)CN(CCC)C(=O)C(C)(C)CCl. The van der Waals surface area contributed by atoms with Gasteiger partial charge in [0.25, 0.3) is 0 Å². The second-order valence-electron chi connectivity index (χ2n) is 7.52. The van der Waals surface area contributed by atoms with Gasteiger partial charge in [0.05, 0.1) is 18.5 Å². The van der Waals surface area contributed by atoms with E-state index in [0.29, 0.717) is 19.6 Å². The highest BCUT2D eigenvalue weighted by molar-refractivity contribution is 6.19. The van der Waals surface area contributed by atoms with Crippen LogP contribution in [0, 0.1) is 5.41 Å². The van der Waals surface area contributed by atoms with Crippen molar-refractivity contribution in [1.29, 1.82) is 0 Å². The van der Waals surface area contributed by atoms with E-state index in [2.05, 4.69) is 6.92 Å². The molecular formula is C20H34ClN3O2. The molecule has 0 aliphatic carbocycles. The van der Waals surface area contributed by atoms with Gasteiger partial charge < -0.3 is 14.4 Å². The summed E-state index contributed by atoms with van der Waals surface area (Å²) in [4.78, 5) is 29.3. The summed E-state index contributed by atoms with van der Waals surface area (Å²) in [6.45, 7) is 9.72. The summed E-state index contributed by atoms with van der Waals surface area (Å²) in [5.41, 5.74) is 0.424. The van der Waals surface area contributed by atoms with E-state index in [4.69, 9.17) is 11.6 Å². The van der Waals surface area contributed by atoms with Crippen molar-refractivity contribution >= 4 is 23.4 Å². The second-order valence-corrected chi connectivity index (χ2v) is 7.79. The van der Waals surface area contributed by atoms with E-state index in [9.17, 15) is 9.59 Å². The molecule has 1 aromatic heterocycles. The number of carbonyl (C=O) groups is 2. The van der Waals surface area contributed by atoms with Crippen molar-refractivity contribution in [2.75, 3.05) is 25.5 Å². The third-order valence-corrected chi connectivity index (χ3v) is 5.23. The van der Waals surface area contributed by atoms with Crippen LogP contribution < -0.4 is 0 Å². The number of aromatic nitrogens is 1. The number of nitrogens with zero attached hydrogens (tertiary/aromatic N) is 3. The van der Waals surface area contributed by atoms with E-state index in [0.717, 1.165) is 25.0 Å². The minimum Gasteiger partial charge on any atom is -0.353 e. The lowest BCUT2D eigenvalue weighted by molar-refractivity contribution is -0.145. The molecule has 0 aliphatic heterocycles. The van der Waals surface area contributed by atoms with Crippen LogP contribution in [0.25, 0.3) is 0 Å². The van der Waals surface area contributed by atoms with Gasteiger partial charge in [-0.25, -0.2) is 0 Å². The first-order chi connectivity index (χ1) is 12.3. The second kappa shape index (κ2) is 10.6. The van der Waals surface area contributed by atoms with Crippen molar-refractivity contribution in [2.24, 2.45) is 12.5 Å². The number of halogens is 1. The summed E-state index contributed by atoms with van der Waals surface area (Å²) in [5.74, 6) is 0.173. The van der Waals surface area contributed by atoms with Crippen LogP contribution in [-0.4, -0.2) is 51.7 Å². The van der Waals surface area contributed by atoms with Crippen LogP contribution in [0.15, 0.2) is 18.3 Å². The first-order valence-corrected chi connectivity index (χ1v) is 10.0. The molecule has 0 fully saturated rings. The van der Waals surface area contributed by atoms with Crippen LogP contribution in [0.3, 0.4) is 0 Å². The van der Waals surface area contributed by atoms with E-state index in [1.54, 1.807) is 4.90 Å². The summed E-state index contributed by atoms with van der Waals surface area (Å²) >= 11 is 5.97. The Hall–Kier alpha value is -1.49. The molecule has 1 aromatic rings. The molecule has 148 valence electrons. The minimum absolute atomic E-state index is 0.00757. The van der Waals surface area contributed by atoms with Crippen molar-refractivity contribution in [3.8, 4) is 0 Å². The average molecular weight is 384 g/mol. The Labute approximate surface area is 163 Å². The number of hydrogen-bond acceptors (Lipinski definition) is 2. The number of amides is 2. The van der Waals surface area contributed by atoms with Crippen LogP contribution >= 0.6 is 11.6 Å². The van der Waals surface area contributed by atoms with E-state index in [-0.39, 0.29) is 24.2 Å². The van der Waals surface area contributed by atoms with Gasteiger partial charge in [0.2, 0.25) is 11.8 Å².